The van der Waals surface area contributed by atoms with Crippen molar-refractivity contribution < 1.29 is 4.52 Å². The van der Waals surface area contributed by atoms with E-state index in [1.165, 1.54) is 6.42 Å². The number of aromatic nitrogens is 2. The summed E-state index contributed by atoms with van der Waals surface area (Å²) in [5, 5.41) is 7.43. The number of nitrogens with one attached hydrogen (secondary N) is 1. The molecule has 1 saturated heterocycles. The normalized spacial score (nSPS) is 17.9. The molecule has 0 bridgehead atoms. The molecule has 1 aliphatic heterocycles. The Kier molecular flexibility index (Phi) is 10.4. The second-order valence-electron chi connectivity index (χ2n) is 6.80. The van der Waals surface area contributed by atoms with Crippen LogP contribution in [0.1, 0.15) is 58.7 Å². The average Bonchev–Trinajstić information content (AvgIpc) is 3.25. The second-order valence-corrected chi connectivity index (χ2v) is 6.80. The van der Waals surface area contributed by atoms with E-state index in [4.69, 9.17) is 9.52 Å². The molecule has 1 aliphatic rings. The summed E-state index contributed by atoms with van der Waals surface area (Å²) in [5.74, 6) is 2.74. The fourth-order valence-electron chi connectivity index (χ4n) is 3.26. The molecule has 1 aromatic rings. The SMILES string of the molecule is CCNC(=NCCc1nc(C(C)C)no1)N1CCC(N(CC)CC)C1.I. The van der Waals surface area contributed by atoms with E-state index in [0.29, 0.717) is 30.8 Å². The minimum Gasteiger partial charge on any atom is -0.357 e. The highest BCUT2D eigenvalue weighted by atomic mass is 127. The highest BCUT2D eigenvalue weighted by Crippen LogP contribution is 2.15. The lowest BCUT2D eigenvalue weighted by atomic mass is 10.2. The van der Waals surface area contributed by atoms with Crippen LogP contribution < -0.4 is 5.32 Å². The first-order chi connectivity index (χ1) is 12.1. The molecular weight excluding hydrogens is 443 g/mol. The van der Waals surface area contributed by atoms with Crippen molar-refractivity contribution in [3.05, 3.63) is 11.7 Å². The number of halogens is 1. The van der Waals surface area contributed by atoms with Crippen molar-refractivity contribution >= 4 is 29.9 Å². The summed E-state index contributed by atoms with van der Waals surface area (Å²) in [6.45, 7) is 16.6. The third kappa shape index (κ3) is 6.37. The number of rotatable bonds is 8. The summed E-state index contributed by atoms with van der Waals surface area (Å²) in [6, 6.07) is 0.628. The molecule has 1 aromatic heterocycles. The molecule has 0 aromatic carbocycles. The van der Waals surface area contributed by atoms with E-state index >= 15 is 0 Å². The van der Waals surface area contributed by atoms with Crippen LogP contribution in [0.2, 0.25) is 0 Å². The van der Waals surface area contributed by atoms with Gasteiger partial charge in [-0.1, -0.05) is 32.9 Å². The van der Waals surface area contributed by atoms with Crippen LogP contribution >= 0.6 is 24.0 Å². The van der Waals surface area contributed by atoms with Gasteiger partial charge in [0.15, 0.2) is 11.8 Å². The van der Waals surface area contributed by atoms with Crippen LogP contribution in [-0.2, 0) is 6.42 Å². The van der Waals surface area contributed by atoms with Gasteiger partial charge in [-0.3, -0.25) is 9.89 Å². The molecule has 7 nitrogen and oxygen atoms in total. The molecule has 150 valence electrons. The molecule has 0 aliphatic carbocycles. The monoisotopic (exact) mass is 478 g/mol. The van der Waals surface area contributed by atoms with Crippen molar-refractivity contribution in [2.45, 2.75) is 59.4 Å². The summed E-state index contributed by atoms with van der Waals surface area (Å²) >= 11 is 0. The zero-order valence-corrected chi connectivity index (χ0v) is 19.2. The van der Waals surface area contributed by atoms with Gasteiger partial charge in [-0.25, -0.2) is 0 Å². The fraction of sp³-hybridized carbons (Fsp3) is 0.833. The average molecular weight is 478 g/mol. The molecule has 0 saturated carbocycles. The van der Waals surface area contributed by atoms with Gasteiger partial charge in [0.1, 0.15) is 0 Å². The van der Waals surface area contributed by atoms with E-state index in [1.807, 2.05) is 0 Å². The van der Waals surface area contributed by atoms with Gasteiger partial charge in [0, 0.05) is 38.0 Å². The highest BCUT2D eigenvalue weighted by molar-refractivity contribution is 14.0. The minimum atomic E-state index is 0. The minimum absolute atomic E-state index is 0. The molecule has 0 amide bonds. The zero-order chi connectivity index (χ0) is 18.2. The Morgan fingerprint density at radius 1 is 1.35 bits per heavy atom. The molecule has 1 unspecified atom stereocenters. The Bertz CT molecular complexity index is 544. The van der Waals surface area contributed by atoms with Crippen LogP contribution in [0.3, 0.4) is 0 Å². The predicted octanol–water partition coefficient (Wildman–Crippen LogP) is 2.74. The van der Waals surface area contributed by atoms with E-state index in [9.17, 15) is 0 Å². The summed E-state index contributed by atoms with van der Waals surface area (Å²) in [7, 11) is 0. The highest BCUT2D eigenvalue weighted by Gasteiger charge is 2.27. The van der Waals surface area contributed by atoms with Crippen molar-refractivity contribution in [3.63, 3.8) is 0 Å². The Morgan fingerprint density at radius 2 is 2.08 bits per heavy atom. The Hall–Kier alpha value is -0.900. The first-order valence-electron chi connectivity index (χ1n) is 9.68. The standard InChI is InChI=1S/C18H34N6O.HI/c1-6-19-18(24-12-10-15(13-24)23(7-2)8-3)20-11-9-16-21-17(14(4)5)22-25-16;/h14-15H,6-13H2,1-5H3,(H,19,20);1H. The van der Waals surface area contributed by atoms with Crippen molar-refractivity contribution in [1.29, 1.82) is 0 Å². The fourth-order valence-corrected chi connectivity index (χ4v) is 3.26. The number of aliphatic imine (C=N–C) groups is 1. The first kappa shape index (κ1) is 23.1. The summed E-state index contributed by atoms with van der Waals surface area (Å²) in [6.07, 6.45) is 1.88. The smallest absolute Gasteiger partial charge is 0.228 e. The quantitative estimate of drug-likeness (QED) is 0.352. The molecule has 2 rings (SSSR count). The van der Waals surface area contributed by atoms with Crippen molar-refractivity contribution in [1.82, 2.24) is 25.3 Å². The number of likely N-dealkylation sites (tertiary alicyclic amines) is 1. The summed E-state index contributed by atoms with van der Waals surface area (Å²) < 4.78 is 5.30. The lowest BCUT2D eigenvalue weighted by molar-refractivity contribution is 0.223. The lowest BCUT2D eigenvalue weighted by Crippen LogP contribution is -2.43. The Balaban J connectivity index is 0.00000338. The van der Waals surface area contributed by atoms with E-state index in [2.05, 4.69) is 59.9 Å². The zero-order valence-electron chi connectivity index (χ0n) is 16.9. The lowest BCUT2D eigenvalue weighted by Gasteiger charge is -2.27. The van der Waals surface area contributed by atoms with Crippen molar-refractivity contribution in [2.24, 2.45) is 4.99 Å². The molecule has 8 heteroatoms. The van der Waals surface area contributed by atoms with Gasteiger partial charge in [-0.2, -0.15) is 4.98 Å². The Labute approximate surface area is 175 Å². The van der Waals surface area contributed by atoms with Crippen LogP contribution in [0.5, 0.6) is 0 Å². The van der Waals surface area contributed by atoms with Crippen molar-refractivity contribution in [2.75, 3.05) is 39.3 Å². The van der Waals surface area contributed by atoms with Crippen LogP contribution in [-0.4, -0.2) is 71.2 Å². The molecule has 1 N–H and O–H groups in total. The number of nitrogens with zero attached hydrogens (tertiary/aromatic N) is 5. The molecule has 1 fully saturated rings. The van der Waals surface area contributed by atoms with Gasteiger partial charge in [0.05, 0.1) is 6.54 Å². The topological polar surface area (TPSA) is 69.8 Å². The molecule has 1 atom stereocenters. The molecular formula is C18H35IN6O. The van der Waals surface area contributed by atoms with Crippen molar-refractivity contribution in [3.8, 4) is 0 Å². The maximum absolute atomic E-state index is 5.30. The van der Waals surface area contributed by atoms with Gasteiger partial charge in [0.2, 0.25) is 5.89 Å². The van der Waals surface area contributed by atoms with Crippen LogP contribution in [0, 0.1) is 0 Å². The molecule has 0 spiro atoms. The summed E-state index contributed by atoms with van der Waals surface area (Å²) in [5.41, 5.74) is 0. The van der Waals surface area contributed by atoms with Gasteiger partial charge >= 0.3 is 0 Å². The Morgan fingerprint density at radius 3 is 2.65 bits per heavy atom. The maximum Gasteiger partial charge on any atom is 0.228 e. The van der Waals surface area contributed by atoms with Gasteiger partial charge < -0.3 is 14.7 Å². The number of hydrogen-bond acceptors (Lipinski definition) is 5. The molecule has 2 heterocycles. The van der Waals surface area contributed by atoms with Crippen LogP contribution in [0.25, 0.3) is 0 Å². The van der Waals surface area contributed by atoms with Gasteiger partial charge in [-0.05, 0) is 26.4 Å². The third-order valence-corrected chi connectivity index (χ3v) is 4.71. The van der Waals surface area contributed by atoms with E-state index in [1.54, 1.807) is 0 Å². The molecule has 0 radical (unpaired) electrons. The van der Waals surface area contributed by atoms with Crippen LogP contribution in [0.4, 0.5) is 0 Å². The first-order valence-corrected chi connectivity index (χ1v) is 9.68. The van der Waals surface area contributed by atoms with E-state index < -0.39 is 0 Å². The number of likely N-dealkylation sites (N-methyl/N-ethyl adjacent to an activating group) is 1. The van der Waals surface area contributed by atoms with Crippen LogP contribution in [0.15, 0.2) is 9.52 Å². The summed E-state index contributed by atoms with van der Waals surface area (Å²) in [4.78, 5) is 14.1. The molecule has 26 heavy (non-hydrogen) atoms. The number of guanidine groups is 1. The number of hydrogen-bond donors (Lipinski definition) is 1. The van der Waals surface area contributed by atoms with Gasteiger partial charge in [-0.15, -0.1) is 24.0 Å². The van der Waals surface area contributed by atoms with E-state index in [-0.39, 0.29) is 24.0 Å². The third-order valence-electron chi connectivity index (χ3n) is 4.71. The maximum atomic E-state index is 5.30. The van der Waals surface area contributed by atoms with Gasteiger partial charge in [0.25, 0.3) is 0 Å². The van der Waals surface area contributed by atoms with E-state index in [0.717, 1.165) is 44.5 Å². The predicted molar refractivity (Wildman–Crippen MR) is 116 cm³/mol. The second kappa shape index (κ2) is 11.7. The largest absolute Gasteiger partial charge is 0.357 e.